The molecule has 1 heterocycles. The van der Waals surface area contributed by atoms with Gasteiger partial charge >= 0.3 is 5.24 Å². The van der Waals surface area contributed by atoms with Gasteiger partial charge in [0, 0.05) is 11.3 Å². The number of aliphatic imine (C=N–C) groups is 1. The van der Waals surface area contributed by atoms with Crippen molar-refractivity contribution in [2.45, 2.75) is 6.92 Å². The number of hydrogen-bond donors (Lipinski definition) is 0. The maximum Gasteiger partial charge on any atom is 0.305 e. The normalized spacial score (nSPS) is 15.3. The second-order valence-electron chi connectivity index (χ2n) is 3.31. The van der Waals surface area contributed by atoms with E-state index in [4.69, 9.17) is 0 Å². The number of ketones is 1. The lowest BCUT2D eigenvalue weighted by atomic mass is 10.1. The van der Waals surface area contributed by atoms with E-state index in [-0.39, 0.29) is 11.0 Å². The number of aryl methyl sites for hydroxylation is 1. The molecule has 2 rings (SSSR count). The molecule has 1 amide bonds. The summed E-state index contributed by atoms with van der Waals surface area (Å²) in [4.78, 5) is 26.4. The van der Waals surface area contributed by atoms with E-state index in [1.807, 2.05) is 19.1 Å². The molecule has 0 aromatic heterocycles. The molecule has 0 saturated carbocycles. The molecule has 1 aliphatic heterocycles. The maximum absolute atomic E-state index is 11.8. The van der Waals surface area contributed by atoms with E-state index in [0.29, 0.717) is 17.0 Å². The van der Waals surface area contributed by atoms with Gasteiger partial charge in [-0.15, -0.1) is 0 Å². The Kier molecular flexibility index (Phi) is 2.68. The molecule has 0 N–H and O–H groups in total. The molecule has 0 aliphatic carbocycles. The Balaban J connectivity index is 2.29. The number of hydrogen-bond acceptors (Lipinski definition) is 3. The molecule has 76 valence electrons. The maximum atomic E-state index is 11.8. The molecule has 0 saturated heterocycles. The monoisotopic (exact) mass is 219 g/mol. The first-order chi connectivity index (χ1) is 7.16. The molecule has 0 bridgehead atoms. The van der Waals surface area contributed by atoms with Gasteiger partial charge in [0.25, 0.3) is 0 Å². The summed E-state index contributed by atoms with van der Waals surface area (Å²) in [6.07, 6.45) is 0. The zero-order valence-corrected chi connectivity index (χ0v) is 9.00. The Morgan fingerprint density at radius 3 is 2.87 bits per heavy atom. The quantitative estimate of drug-likeness (QED) is 0.718. The SMILES string of the molecule is Cc1cccc(C(=O)C2=NC(=O)SC2)c1. The molecular weight excluding hydrogens is 210 g/mol. The van der Waals surface area contributed by atoms with E-state index in [0.717, 1.165) is 17.3 Å². The van der Waals surface area contributed by atoms with E-state index in [2.05, 4.69) is 4.99 Å². The fourth-order valence-corrected chi connectivity index (χ4v) is 2.00. The van der Waals surface area contributed by atoms with Crippen molar-refractivity contribution in [3.05, 3.63) is 35.4 Å². The number of rotatable bonds is 2. The van der Waals surface area contributed by atoms with Crippen molar-refractivity contribution < 1.29 is 9.59 Å². The van der Waals surface area contributed by atoms with Crippen molar-refractivity contribution in [2.24, 2.45) is 4.99 Å². The van der Waals surface area contributed by atoms with Crippen LogP contribution in [0.2, 0.25) is 0 Å². The van der Waals surface area contributed by atoms with E-state index in [1.54, 1.807) is 12.1 Å². The van der Waals surface area contributed by atoms with Crippen LogP contribution in [0, 0.1) is 6.92 Å². The van der Waals surface area contributed by atoms with Gasteiger partial charge in [-0.2, -0.15) is 0 Å². The third kappa shape index (κ3) is 2.15. The number of carbonyl (C=O) groups is 2. The summed E-state index contributed by atoms with van der Waals surface area (Å²) in [5.41, 5.74) is 1.98. The van der Waals surface area contributed by atoms with Crippen LogP contribution in [-0.2, 0) is 0 Å². The number of carbonyl (C=O) groups excluding carboxylic acids is 2. The van der Waals surface area contributed by atoms with Gasteiger partial charge in [-0.25, -0.2) is 4.99 Å². The summed E-state index contributed by atoms with van der Waals surface area (Å²) >= 11 is 1.07. The van der Waals surface area contributed by atoms with Gasteiger partial charge in [-0.1, -0.05) is 35.5 Å². The molecule has 1 aromatic carbocycles. The molecule has 0 atom stereocenters. The number of thioether (sulfide) groups is 1. The van der Waals surface area contributed by atoms with E-state index in [9.17, 15) is 9.59 Å². The predicted octanol–water partition coefficient (Wildman–Crippen LogP) is 2.49. The minimum atomic E-state index is -0.272. The molecule has 0 radical (unpaired) electrons. The van der Waals surface area contributed by atoms with Crippen LogP contribution in [0.1, 0.15) is 15.9 Å². The average molecular weight is 219 g/mol. The van der Waals surface area contributed by atoms with Crippen molar-refractivity contribution in [1.82, 2.24) is 0 Å². The fraction of sp³-hybridized carbons (Fsp3) is 0.182. The Morgan fingerprint density at radius 2 is 2.27 bits per heavy atom. The summed E-state index contributed by atoms with van der Waals surface area (Å²) in [6.45, 7) is 1.92. The number of amides is 1. The summed E-state index contributed by atoms with van der Waals surface area (Å²) < 4.78 is 0. The zero-order valence-electron chi connectivity index (χ0n) is 8.19. The molecule has 15 heavy (non-hydrogen) atoms. The summed E-state index contributed by atoms with van der Waals surface area (Å²) in [5.74, 6) is 0.253. The zero-order chi connectivity index (χ0) is 10.8. The van der Waals surface area contributed by atoms with Gasteiger partial charge in [-0.3, -0.25) is 9.59 Å². The van der Waals surface area contributed by atoms with E-state index in [1.165, 1.54) is 0 Å². The topological polar surface area (TPSA) is 46.5 Å². The van der Waals surface area contributed by atoms with Crippen LogP contribution in [-0.4, -0.2) is 22.5 Å². The van der Waals surface area contributed by atoms with Crippen molar-refractivity contribution >= 4 is 28.5 Å². The Labute approximate surface area is 91.6 Å². The third-order valence-corrected chi connectivity index (χ3v) is 2.86. The van der Waals surface area contributed by atoms with Crippen LogP contribution in [0.5, 0.6) is 0 Å². The molecule has 0 fully saturated rings. The number of Topliss-reactive ketones (excluding diaryl/α,β-unsaturated/α-hetero) is 1. The third-order valence-electron chi connectivity index (χ3n) is 2.10. The molecule has 1 aromatic rings. The van der Waals surface area contributed by atoms with Crippen LogP contribution in [0.4, 0.5) is 4.79 Å². The lowest BCUT2D eigenvalue weighted by molar-refractivity contribution is 0.106. The van der Waals surface area contributed by atoms with E-state index < -0.39 is 0 Å². The molecule has 4 heteroatoms. The lowest BCUT2D eigenvalue weighted by Gasteiger charge is -2.00. The number of nitrogens with zero attached hydrogens (tertiary/aromatic N) is 1. The van der Waals surface area contributed by atoms with Gasteiger partial charge in [0.1, 0.15) is 5.71 Å². The van der Waals surface area contributed by atoms with Crippen LogP contribution < -0.4 is 0 Å². The second-order valence-corrected chi connectivity index (χ2v) is 4.24. The molecule has 0 unspecified atom stereocenters. The van der Waals surface area contributed by atoms with Crippen molar-refractivity contribution in [3.8, 4) is 0 Å². The minimum Gasteiger partial charge on any atom is -0.287 e. The molecular formula is C11H9NO2S. The Hall–Kier alpha value is -1.42. The Morgan fingerprint density at radius 1 is 1.47 bits per heavy atom. The first-order valence-corrected chi connectivity index (χ1v) is 5.51. The molecule has 3 nitrogen and oxygen atoms in total. The first-order valence-electron chi connectivity index (χ1n) is 4.52. The highest BCUT2D eigenvalue weighted by Crippen LogP contribution is 2.17. The van der Waals surface area contributed by atoms with Crippen LogP contribution in [0.15, 0.2) is 29.3 Å². The first kappa shape index (κ1) is 10.1. The van der Waals surface area contributed by atoms with Crippen molar-refractivity contribution in [3.63, 3.8) is 0 Å². The van der Waals surface area contributed by atoms with Crippen LogP contribution in [0.3, 0.4) is 0 Å². The highest BCUT2D eigenvalue weighted by molar-refractivity contribution is 8.14. The minimum absolute atomic E-state index is 0.142. The molecule has 1 aliphatic rings. The fourth-order valence-electron chi connectivity index (χ4n) is 1.37. The standard InChI is InChI=1S/C11H9NO2S/c1-7-3-2-4-8(5-7)10(13)9-6-15-11(14)12-9/h2-5H,6H2,1H3. The number of benzene rings is 1. The average Bonchev–Trinajstić information content (AvgIpc) is 2.64. The van der Waals surface area contributed by atoms with Crippen molar-refractivity contribution in [1.29, 1.82) is 0 Å². The van der Waals surface area contributed by atoms with Gasteiger partial charge in [-0.05, 0) is 13.0 Å². The van der Waals surface area contributed by atoms with Gasteiger partial charge < -0.3 is 0 Å². The van der Waals surface area contributed by atoms with Crippen LogP contribution >= 0.6 is 11.8 Å². The highest BCUT2D eigenvalue weighted by Gasteiger charge is 2.22. The largest absolute Gasteiger partial charge is 0.305 e. The highest BCUT2D eigenvalue weighted by atomic mass is 32.2. The molecule has 0 spiro atoms. The van der Waals surface area contributed by atoms with E-state index >= 15 is 0 Å². The van der Waals surface area contributed by atoms with Crippen molar-refractivity contribution in [2.75, 3.05) is 5.75 Å². The van der Waals surface area contributed by atoms with Gasteiger partial charge in [0.05, 0.1) is 0 Å². The smallest absolute Gasteiger partial charge is 0.287 e. The second kappa shape index (κ2) is 3.98. The predicted molar refractivity (Wildman–Crippen MR) is 60.8 cm³/mol. The summed E-state index contributed by atoms with van der Waals surface area (Å²) in [5, 5.41) is -0.272. The summed E-state index contributed by atoms with van der Waals surface area (Å²) in [6, 6.07) is 7.30. The Bertz CT molecular complexity index is 465. The van der Waals surface area contributed by atoms with Crippen LogP contribution in [0.25, 0.3) is 0 Å². The van der Waals surface area contributed by atoms with Gasteiger partial charge in [0.15, 0.2) is 0 Å². The summed E-state index contributed by atoms with van der Waals surface area (Å²) in [7, 11) is 0. The lowest BCUT2D eigenvalue weighted by Crippen LogP contribution is -2.14. The van der Waals surface area contributed by atoms with Gasteiger partial charge in [0.2, 0.25) is 5.78 Å².